The number of esters is 1. The number of rotatable bonds is 12. The second kappa shape index (κ2) is 15.9. The highest BCUT2D eigenvalue weighted by atomic mass is 32.2. The second-order valence-electron chi connectivity index (χ2n) is 15.8. The molecule has 4 aliphatic heterocycles. The number of oxime groups is 1. The lowest BCUT2D eigenvalue weighted by Gasteiger charge is -2.59. The molecule has 60 heavy (non-hydrogen) atoms. The van der Waals surface area contributed by atoms with Crippen LogP contribution in [0.4, 0.5) is 0 Å². The van der Waals surface area contributed by atoms with Gasteiger partial charge in [0.05, 0.1) is 25.3 Å². The van der Waals surface area contributed by atoms with E-state index in [4.69, 9.17) is 33.3 Å². The molecule has 0 radical (unpaired) electrons. The van der Waals surface area contributed by atoms with Crippen LogP contribution in [0.15, 0.2) is 82.4 Å². The molecule has 9 rings (SSSR count). The molecule has 1 unspecified atom stereocenters. The number of Topliss-reactive ketones (excluding diaryl/α,β-unsaturated/α-hetero) is 1. The fourth-order valence-electron chi connectivity index (χ4n) is 10.3. The molecule has 0 spiro atoms. The number of hydrogen-bond donors (Lipinski definition) is 2. The van der Waals surface area contributed by atoms with Crippen LogP contribution in [0.5, 0.6) is 11.5 Å². The van der Waals surface area contributed by atoms with Crippen LogP contribution in [0.3, 0.4) is 0 Å². The molecule has 14 nitrogen and oxygen atoms in total. The van der Waals surface area contributed by atoms with Crippen molar-refractivity contribution in [2.45, 2.75) is 68.4 Å². The molecule has 0 saturated carbocycles. The minimum absolute atomic E-state index is 0.0517. The molecule has 3 aromatic carbocycles. The van der Waals surface area contributed by atoms with E-state index in [1.807, 2.05) is 42.2 Å². The number of piperazine rings is 1. The van der Waals surface area contributed by atoms with Gasteiger partial charge in [-0.1, -0.05) is 59.8 Å². The number of ketones is 1. The van der Waals surface area contributed by atoms with Gasteiger partial charge in [-0.15, -0.1) is 0 Å². The van der Waals surface area contributed by atoms with E-state index >= 15 is 0 Å². The van der Waals surface area contributed by atoms with Crippen LogP contribution in [0.25, 0.3) is 11.1 Å². The van der Waals surface area contributed by atoms with E-state index in [1.165, 1.54) is 36.5 Å². The number of ether oxygens (including phenoxy) is 6. The summed E-state index contributed by atoms with van der Waals surface area (Å²) in [5.74, 6) is 1.18. The first-order valence-corrected chi connectivity index (χ1v) is 21.1. The number of carbonyl (C=O) groups excluding carboxylic acids is 2. The Morgan fingerprint density at radius 1 is 1.07 bits per heavy atom. The monoisotopic (exact) mass is 834 g/mol. The van der Waals surface area contributed by atoms with Gasteiger partial charge in [0.15, 0.2) is 46.9 Å². The maximum Gasteiger partial charge on any atom is 0.357 e. The van der Waals surface area contributed by atoms with E-state index in [0.29, 0.717) is 23.7 Å². The fraction of sp³-hybridized carbons (Fsp3) is 0.422. The zero-order chi connectivity index (χ0) is 41.9. The molecular weight excluding hydrogens is 789 g/mol. The molecule has 6 atom stereocenters. The van der Waals surface area contributed by atoms with Crippen molar-refractivity contribution >= 4 is 29.2 Å². The van der Waals surface area contributed by atoms with Gasteiger partial charge in [-0.25, -0.2) is 4.79 Å². The Kier molecular flexibility index (Phi) is 10.6. The van der Waals surface area contributed by atoms with Gasteiger partial charge in [-0.05, 0) is 53.6 Å². The van der Waals surface area contributed by atoms with Crippen LogP contribution < -0.4 is 14.8 Å². The molecule has 3 fully saturated rings. The lowest BCUT2D eigenvalue weighted by molar-refractivity contribution is -0.147. The molecule has 3 saturated heterocycles. The second-order valence-corrected chi connectivity index (χ2v) is 16.8. The summed E-state index contributed by atoms with van der Waals surface area (Å²) in [6, 6.07) is 17.9. The summed E-state index contributed by atoms with van der Waals surface area (Å²) >= 11 is 1.54. The maximum atomic E-state index is 14.4. The van der Waals surface area contributed by atoms with E-state index in [9.17, 15) is 20.0 Å². The minimum Gasteiger partial charge on any atom is -0.493 e. The van der Waals surface area contributed by atoms with Crippen molar-refractivity contribution < 1.29 is 48.0 Å². The smallest absolute Gasteiger partial charge is 0.357 e. The zero-order valence-electron chi connectivity index (χ0n) is 34.0. The van der Waals surface area contributed by atoms with Crippen LogP contribution in [-0.2, 0) is 39.8 Å². The van der Waals surface area contributed by atoms with Crippen LogP contribution in [-0.4, -0.2) is 110 Å². The third kappa shape index (κ3) is 6.27. The summed E-state index contributed by atoms with van der Waals surface area (Å²) in [6.45, 7) is 2.98. The van der Waals surface area contributed by atoms with Gasteiger partial charge in [0.2, 0.25) is 6.79 Å². The van der Waals surface area contributed by atoms with Crippen LogP contribution in [0, 0.1) is 18.3 Å². The standard InChI is InChI=1S/C45H46N4O10S/c1-23-14-25-15-31-34(17-46)49-33(38(47-31)36(25)41(39(23)54-4)57-21-53-3)16-45(52)37(42-40(58-22-59-42)24(2)43(45)50)35(49)18-56-44(51)32(48-55-5)20-60-19-30-28-12-8-6-10-26(28)27-11-7-9-13-29(27)30/h6-14,30-31,33-35,38,47,52H,15-16,18-22H2,1-5H3/b48-32+/t31-,33?,34-,35-,38+,45+/m0/s1. The number of hydrogen-bond acceptors (Lipinski definition) is 15. The van der Waals surface area contributed by atoms with Gasteiger partial charge >= 0.3 is 5.97 Å². The van der Waals surface area contributed by atoms with E-state index < -0.39 is 41.5 Å². The van der Waals surface area contributed by atoms with Gasteiger partial charge in [-0.2, -0.15) is 17.0 Å². The van der Waals surface area contributed by atoms with Gasteiger partial charge in [0, 0.05) is 59.7 Å². The quantitative estimate of drug-likeness (QED) is 0.110. The van der Waals surface area contributed by atoms with Crippen molar-refractivity contribution in [3.8, 4) is 28.7 Å². The Balaban J connectivity index is 1.05. The topological polar surface area (TPSA) is 170 Å². The van der Waals surface area contributed by atoms with Gasteiger partial charge in [0.1, 0.15) is 19.8 Å². The molecular formula is C45H46N4O10S. The average molecular weight is 835 g/mol. The number of aryl methyl sites for hydroxylation is 1. The highest BCUT2D eigenvalue weighted by Crippen LogP contribution is 2.55. The molecule has 15 heteroatoms. The van der Waals surface area contributed by atoms with Gasteiger partial charge in [-0.3, -0.25) is 9.69 Å². The number of aliphatic hydroxyl groups is 1. The zero-order valence-corrected chi connectivity index (χ0v) is 34.8. The molecule has 0 aromatic heterocycles. The number of benzene rings is 3. The molecule has 4 heterocycles. The average Bonchev–Trinajstić information content (AvgIpc) is 3.87. The molecule has 2 aliphatic carbocycles. The summed E-state index contributed by atoms with van der Waals surface area (Å²) < 4.78 is 35.3. The Morgan fingerprint density at radius 2 is 1.78 bits per heavy atom. The van der Waals surface area contributed by atoms with Crippen molar-refractivity contribution in [2.75, 3.05) is 53.0 Å². The number of carbonyl (C=O) groups is 2. The number of fused-ring (bicyclic) bond motifs is 11. The van der Waals surface area contributed by atoms with Crippen molar-refractivity contribution in [2.24, 2.45) is 5.16 Å². The number of nitrogens with one attached hydrogen (secondary N) is 1. The van der Waals surface area contributed by atoms with Crippen LogP contribution in [0.1, 0.15) is 53.1 Å². The summed E-state index contributed by atoms with van der Waals surface area (Å²) in [5.41, 5.74) is 5.87. The fourth-order valence-corrected chi connectivity index (χ4v) is 11.4. The van der Waals surface area contributed by atoms with Gasteiger partial charge < -0.3 is 43.7 Å². The Bertz CT molecular complexity index is 2360. The SMILES string of the molecule is COCOc1c(OC)c(C)cc2c1[C@@H]1N[C@@H](C2)[C@H](C#N)N2C1C[C@]1(O)C(=O)C(C)=C3OCOC3=C1[C@@H]2COC(=O)/C(CSCC1c2ccccc2-c2ccccc21)=N/OC. The highest BCUT2D eigenvalue weighted by molar-refractivity contribution is 8.00. The van der Waals surface area contributed by atoms with E-state index in [0.717, 1.165) is 16.7 Å². The van der Waals surface area contributed by atoms with E-state index in [-0.39, 0.29) is 72.7 Å². The predicted octanol–water partition coefficient (Wildman–Crippen LogP) is 4.83. The number of thioether (sulfide) groups is 1. The highest BCUT2D eigenvalue weighted by Gasteiger charge is 2.63. The first kappa shape index (κ1) is 40.1. The van der Waals surface area contributed by atoms with E-state index in [1.54, 1.807) is 25.8 Å². The first-order chi connectivity index (χ1) is 29.1. The van der Waals surface area contributed by atoms with Crippen LogP contribution in [0.2, 0.25) is 0 Å². The predicted molar refractivity (Wildman–Crippen MR) is 220 cm³/mol. The summed E-state index contributed by atoms with van der Waals surface area (Å²) in [4.78, 5) is 35.6. The largest absolute Gasteiger partial charge is 0.493 e. The number of nitrogens with zero attached hydrogens (tertiary/aromatic N) is 3. The Labute approximate surface area is 352 Å². The van der Waals surface area contributed by atoms with Crippen LogP contribution >= 0.6 is 11.8 Å². The van der Waals surface area contributed by atoms with Crippen molar-refractivity contribution in [3.63, 3.8) is 0 Å². The normalized spacial score (nSPS) is 26.4. The molecule has 2 N–H and O–H groups in total. The minimum atomic E-state index is -2.09. The number of methoxy groups -OCH3 is 2. The Hall–Kier alpha value is -5.37. The maximum absolute atomic E-state index is 14.4. The molecule has 3 aromatic rings. The first-order valence-electron chi connectivity index (χ1n) is 19.9. The molecule has 0 amide bonds. The number of piperidine rings is 1. The molecule has 312 valence electrons. The van der Waals surface area contributed by atoms with Crippen molar-refractivity contribution in [3.05, 3.63) is 105 Å². The molecule has 2 bridgehead atoms. The Morgan fingerprint density at radius 3 is 2.47 bits per heavy atom. The lowest BCUT2D eigenvalue weighted by Crippen LogP contribution is -2.74. The van der Waals surface area contributed by atoms with Crippen molar-refractivity contribution in [1.29, 1.82) is 5.26 Å². The van der Waals surface area contributed by atoms with Gasteiger partial charge in [0.25, 0.3) is 0 Å². The summed E-state index contributed by atoms with van der Waals surface area (Å²) in [6.07, 6.45) is 0.357. The van der Waals surface area contributed by atoms with Crippen molar-refractivity contribution in [1.82, 2.24) is 10.2 Å². The summed E-state index contributed by atoms with van der Waals surface area (Å²) in [5, 5.41) is 31.5. The number of nitriles is 1. The third-order valence-electron chi connectivity index (χ3n) is 12.7. The molecule has 6 aliphatic rings. The third-order valence-corrected chi connectivity index (χ3v) is 13.7. The summed E-state index contributed by atoms with van der Waals surface area (Å²) in [7, 11) is 4.47. The van der Waals surface area contributed by atoms with E-state index in [2.05, 4.69) is 40.8 Å². The lowest BCUT2D eigenvalue weighted by atomic mass is 9.65.